The van der Waals surface area contributed by atoms with E-state index in [4.69, 9.17) is 4.74 Å². The summed E-state index contributed by atoms with van der Waals surface area (Å²) in [5.74, 6) is -0.453. The number of ether oxygens (including phenoxy) is 1. The highest BCUT2D eigenvalue weighted by Gasteiger charge is 2.10. The van der Waals surface area contributed by atoms with Gasteiger partial charge in [-0.1, -0.05) is 48.5 Å². The van der Waals surface area contributed by atoms with E-state index in [-0.39, 0.29) is 12.2 Å². The Bertz CT molecular complexity index is 1200. The third-order valence-electron chi connectivity index (χ3n) is 4.44. The van der Waals surface area contributed by atoms with Gasteiger partial charge in [0.25, 0.3) is 5.56 Å². The highest BCUT2D eigenvalue weighted by Crippen LogP contribution is 2.19. The Hall–Kier alpha value is -3.73. The summed E-state index contributed by atoms with van der Waals surface area (Å²) in [5, 5.41) is 0. The van der Waals surface area contributed by atoms with E-state index in [1.165, 1.54) is 10.5 Å². The summed E-state index contributed by atoms with van der Waals surface area (Å²) in [7, 11) is 0. The lowest BCUT2D eigenvalue weighted by atomic mass is 10.0. The van der Waals surface area contributed by atoms with E-state index in [0.717, 1.165) is 16.7 Å². The van der Waals surface area contributed by atoms with Crippen molar-refractivity contribution in [2.24, 2.45) is 0 Å². The summed E-state index contributed by atoms with van der Waals surface area (Å²) >= 11 is 0. The van der Waals surface area contributed by atoms with Gasteiger partial charge in [-0.25, -0.2) is 9.78 Å². The lowest BCUT2D eigenvalue weighted by Gasteiger charge is -2.07. The van der Waals surface area contributed by atoms with Crippen LogP contribution in [0, 0.1) is 6.92 Å². The van der Waals surface area contributed by atoms with Crippen LogP contribution in [0.15, 0.2) is 83.8 Å². The Labute approximate surface area is 161 Å². The molecule has 0 unspecified atom stereocenters. The average molecular weight is 370 g/mol. The Balaban J connectivity index is 1.48. The third-order valence-corrected chi connectivity index (χ3v) is 4.44. The number of esters is 1. The van der Waals surface area contributed by atoms with Gasteiger partial charge < -0.3 is 4.74 Å². The molecule has 5 nitrogen and oxygen atoms in total. The van der Waals surface area contributed by atoms with E-state index in [9.17, 15) is 9.59 Å². The largest absolute Gasteiger partial charge is 0.456 e. The minimum atomic E-state index is -0.453. The molecule has 0 amide bonds. The number of hydrogen-bond donors (Lipinski definition) is 0. The Morgan fingerprint density at radius 3 is 2.43 bits per heavy atom. The van der Waals surface area contributed by atoms with Gasteiger partial charge in [-0.15, -0.1) is 0 Å². The highest BCUT2D eigenvalue weighted by atomic mass is 16.5. The number of fused-ring (bicyclic) bond motifs is 1. The summed E-state index contributed by atoms with van der Waals surface area (Å²) in [6, 6.07) is 22.2. The fraction of sp³-hybridized carbons (Fsp3) is 0.0870. The van der Waals surface area contributed by atoms with E-state index in [0.29, 0.717) is 16.9 Å². The number of rotatable bonds is 4. The van der Waals surface area contributed by atoms with Crippen molar-refractivity contribution in [3.8, 4) is 11.1 Å². The molecule has 5 heteroatoms. The molecule has 28 heavy (non-hydrogen) atoms. The molecule has 0 N–H and O–H groups in total. The molecule has 0 fully saturated rings. The van der Waals surface area contributed by atoms with Gasteiger partial charge in [-0.05, 0) is 41.8 Å². The van der Waals surface area contributed by atoms with Crippen molar-refractivity contribution in [3.05, 3.63) is 106 Å². The number of nitrogens with zero attached hydrogens (tertiary/aromatic N) is 2. The van der Waals surface area contributed by atoms with Crippen molar-refractivity contribution in [2.75, 3.05) is 0 Å². The van der Waals surface area contributed by atoms with Crippen LogP contribution in [0.3, 0.4) is 0 Å². The average Bonchev–Trinajstić information content (AvgIpc) is 2.73. The molecule has 2 aromatic carbocycles. The predicted molar refractivity (Wildman–Crippen MR) is 107 cm³/mol. The third kappa shape index (κ3) is 3.69. The monoisotopic (exact) mass is 370 g/mol. The molecule has 2 heterocycles. The van der Waals surface area contributed by atoms with Crippen LogP contribution in [0.2, 0.25) is 0 Å². The number of carbonyl (C=O) groups excluding carboxylic acids is 1. The zero-order valence-corrected chi connectivity index (χ0v) is 15.3. The maximum absolute atomic E-state index is 12.3. The molecule has 4 aromatic rings. The van der Waals surface area contributed by atoms with Crippen LogP contribution >= 0.6 is 0 Å². The molecule has 0 aliphatic rings. The van der Waals surface area contributed by atoms with Crippen LogP contribution in [-0.4, -0.2) is 15.4 Å². The molecule has 0 spiro atoms. The van der Waals surface area contributed by atoms with Crippen LogP contribution in [0.5, 0.6) is 0 Å². The van der Waals surface area contributed by atoms with Crippen molar-refractivity contribution >= 4 is 11.6 Å². The van der Waals surface area contributed by atoms with Gasteiger partial charge in [0.15, 0.2) is 0 Å². The van der Waals surface area contributed by atoms with E-state index >= 15 is 0 Å². The first-order chi connectivity index (χ1) is 13.6. The van der Waals surface area contributed by atoms with E-state index in [1.807, 2.05) is 55.5 Å². The number of aromatic nitrogens is 2. The zero-order chi connectivity index (χ0) is 19.5. The predicted octanol–water partition coefficient (Wildman–Crippen LogP) is 4.03. The Kier molecular flexibility index (Phi) is 4.72. The van der Waals surface area contributed by atoms with Crippen LogP contribution in [0.25, 0.3) is 16.8 Å². The van der Waals surface area contributed by atoms with E-state index in [1.54, 1.807) is 24.4 Å². The molecular formula is C23H18N2O3. The summed E-state index contributed by atoms with van der Waals surface area (Å²) < 4.78 is 6.81. The van der Waals surface area contributed by atoms with Crippen LogP contribution in [0.1, 0.15) is 21.6 Å². The van der Waals surface area contributed by atoms with Gasteiger partial charge in [0.2, 0.25) is 0 Å². The van der Waals surface area contributed by atoms with Gasteiger partial charge in [0, 0.05) is 12.3 Å². The van der Waals surface area contributed by atoms with Gasteiger partial charge in [0.05, 0.1) is 11.3 Å². The van der Waals surface area contributed by atoms with Crippen molar-refractivity contribution in [1.29, 1.82) is 0 Å². The minimum Gasteiger partial charge on any atom is -0.456 e. The van der Waals surface area contributed by atoms with Crippen molar-refractivity contribution < 1.29 is 9.53 Å². The van der Waals surface area contributed by atoms with Crippen molar-refractivity contribution in [3.63, 3.8) is 0 Å². The zero-order valence-electron chi connectivity index (χ0n) is 15.3. The molecule has 0 saturated carbocycles. The first-order valence-electron chi connectivity index (χ1n) is 8.92. The molecular weight excluding hydrogens is 352 g/mol. The molecule has 4 rings (SSSR count). The number of benzene rings is 2. The quantitative estimate of drug-likeness (QED) is 0.509. The lowest BCUT2D eigenvalue weighted by molar-refractivity contribution is 0.0467. The summed E-state index contributed by atoms with van der Waals surface area (Å²) in [5.41, 5.74) is 4.27. The number of hydrogen-bond acceptors (Lipinski definition) is 4. The van der Waals surface area contributed by atoms with Crippen LogP contribution < -0.4 is 5.56 Å². The van der Waals surface area contributed by atoms with Gasteiger partial charge in [0.1, 0.15) is 12.3 Å². The summed E-state index contributed by atoms with van der Waals surface area (Å²) in [6.07, 6.45) is 1.73. The maximum Gasteiger partial charge on any atom is 0.338 e. The van der Waals surface area contributed by atoms with Crippen LogP contribution in [-0.2, 0) is 11.3 Å². The smallest absolute Gasteiger partial charge is 0.338 e. The van der Waals surface area contributed by atoms with Gasteiger partial charge in [-0.2, -0.15) is 0 Å². The van der Waals surface area contributed by atoms with Gasteiger partial charge in [-0.3, -0.25) is 9.20 Å². The normalized spacial score (nSPS) is 10.8. The van der Waals surface area contributed by atoms with Crippen molar-refractivity contribution in [1.82, 2.24) is 9.38 Å². The Morgan fingerprint density at radius 2 is 1.68 bits per heavy atom. The number of aryl methyl sites for hydroxylation is 1. The fourth-order valence-electron chi connectivity index (χ4n) is 2.98. The van der Waals surface area contributed by atoms with Crippen molar-refractivity contribution in [2.45, 2.75) is 13.5 Å². The lowest BCUT2D eigenvalue weighted by Crippen LogP contribution is -2.16. The van der Waals surface area contributed by atoms with Gasteiger partial charge >= 0.3 is 5.97 Å². The number of carbonyl (C=O) groups is 1. The summed E-state index contributed by atoms with van der Waals surface area (Å²) in [4.78, 5) is 28.9. The molecule has 0 radical (unpaired) electrons. The molecule has 0 aliphatic carbocycles. The minimum absolute atomic E-state index is 0.0567. The summed E-state index contributed by atoms with van der Waals surface area (Å²) in [6.45, 7) is 1.85. The second-order valence-electron chi connectivity index (χ2n) is 6.54. The topological polar surface area (TPSA) is 60.7 Å². The first-order valence-corrected chi connectivity index (χ1v) is 8.92. The molecule has 0 aliphatic heterocycles. The van der Waals surface area contributed by atoms with E-state index in [2.05, 4.69) is 4.98 Å². The molecule has 0 saturated heterocycles. The fourth-order valence-corrected chi connectivity index (χ4v) is 2.98. The van der Waals surface area contributed by atoms with Crippen LogP contribution in [0.4, 0.5) is 0 Å². The molecule has 0 atom stereocenters. The maximum atomic E-state index is 12.3. The standard InChI is InChI=1S/C23H18N2O3/c1-16-7-12-21-24-20(13-22(26)25(21)14-16)15-28-23(27)19-10-8-18(9-11-19)17-5-3-2-4-6-17/h2-14H,15H2,1H3. The van der Waals surface area contributed by atoms with E-state index < -0.39 is 5.97 Å². The second-order valence-corrected chi connectivity index (χ2v) is 6.54. The molecule has 2 aromatic heterocycles. The Morgan fingerprint density at radius 1 is 0.964 bits per heavy atom. The second kappa shape index (κ2) is 7.48. The molecule has 138 valence electrons. The SMILES string of the molecule is Cc1ccc2nc(COC(=O)c3ccc(-c4ccccc4)cc3)cc(=O)n2c1. The first kappa shape index (κ1) is 17.7. The number of pyridine rings is 1. The highest BCUT2D eigenvalue weighted by molar-refractivity contribution is 5.90. The molecule has 0 bridgehead atoms.